The number of carbonyl (C=O) groups is 1. The van der Waals surface area contributed by atoms with Gasteiger partial charge in [-0.25, -0.2) is 0 Å². The van der Waals surface area contributed by atoms with E-state index in [1.165, 1.54) is 0 Å². The van der Waals surface area contributed by atoms with E-state index in [0.29, 0.717) is 16.3 Å². The summed E-state index contributed by atoms with van der Waals surface area (Å²) in [5.41, 5.74) is 1.66. The van der Waals surface area contributed by atoms with E-state index in [2.05, 4.69) is 5.32 Å². The second-order valence-corrected chi connectivity index (χ2v) is 5.57. The third-order valence-electron chi connectivity index (χ3n) is 3.52. The van der Waals surface area contributed by atoms with E-state index in [4.69, 9.17) is 16.3 Å². The van der Waals surface area contributed by atoms with E-state index in [1.54, 1.807) is 30.3 Å². The van der Waals surface area contributed by atoms with Gasteiger partial charge in [-0.3, -0.25) is 4.79 Å². The van der Waals surface area contributed by atoms with Gasteiger partial charge in [0.2, 0.25) is 0 Å². The van der Waals surface area contributed by atoms with Crippen LogP contribution in [-0.2, 0) is 11.4 Å². The molecule has 0 radical (unpaired) electrons. The second-order valence-electron chi connectivity index (χ2n) is 5.13. The van der Waals surface area contributed by atoms with Gasteiger partial charge in [-0.2, -0.15) is 0 Å². The lowest BCUT2D eigenvalue weighted by Gasteiger charge is -2.18. The van der Waals surface area contributed by atoms with E-state index in [0.717, 1.165) is 12.0 Å². The third kappa shape index (κ3) is 4.98. The zero-order valence-electron chi connectivity index (χ0n) is 13.0. The third-order valence-corrected chi connectivity index (χ3v) is 3.77. The van der Waals surface area contributed by atoms with Crippen molar-refractivity contribution >= 4 is 17.5 Å². The number of halogens is 1. The Morgan fingerprint density at radius 3 is 2.57 bits per heavy atom. The van der Waals surface area contributed by atoms with E-state index in [1.807, 2.05) is 25.1 Å². The standard InChI is InChI=1S/C18H20ClNO3/c1-2-16(13-7-9-15(19)10-8-13)20-18(22)12-23-17-6-4-3-5-14(17)11-21/h3-10,16,21H,2,11-12H2,1H3,(H,20,22). The maximum absolute atomic E-state index is 12.1. The Kier molecular flexibility index (Phi) is 6.44. The first kappa shape index (κ1) is 17.3. The number of amides is 1. The molecule has 0 aromatic heterocycles. The van der Waals surface area contributed by atoms with Gasteiger partial charge in [-0.05, 0) is 30.2 Å². The van der Waals surface area contributed by atoms with Crippen molar-refractivity contribution < 1.29 is 14.6 Å². The lowest BCUT2D eigenvalue weighted by Crippen LogP contribution is -2.32. The highest BCUT2D eigenvalue weighted by Crippen LogP contribution is 2.20. The summed E-state index contributed by atoms with van der Waals surface area (Å²) in [5, 5.41) is 12.9. The molecule has 0 saturated heterocycles. The number of aliphatic hydroxyl groups excluding tert-OH is 1. The van der Waals surface area contributed by atoms with Crippen molar-refractivity contribution in [3.05, 3.63) is 64.7 Å². The fourth-order valence-electron chi connectivity index (χ4n) is 2.27. The van der Waals surface area contributed by atoms with Crippen molar-refractivity contribution in [2.24, 2.45) is 0 Å². The zero-order valence-corrected chi connectivity index (χ0v) is 13.7. The lowest BCUT2D eigenvalue weighted by atomic mass is 10.0. The minimum Gasteiger partial charge on any atom is -0.483 e. The molecule has 2 aromatic carbocycles. The number of hydrogen-bond donors (Lipinski definition) is 2. The van der Waals surface area contributed by atoms with Crippen molar-refractivity contribution in [3.63, 3.8) is 0 Å². The molecule has 0 aliphatic carbocycles. The number of benzene rings is 2. The Morgan fingerprint density at radius 1 is 1.22 bits per heavy atom. The molecule has 1 atom stereocenters. The normalized spacial score (nSPS) is 11.8. The predicted octanol–water partition coefficient (Wildman–Crippen LogP) is 3.48. The number of carbonyl (C=O) groups excluding carboxylic acids is 1. The minimum atomic E-state index is -0.209. The van der Waals surface area contributed by atoms with Crippen LogP contribution in [0.5, 0.6) is 5.75 Å². The summed E-state index contributed by atoms with van der Waals surface area (Å²) >= 11 is 5.88. The SMILES string of the molecule is CCC(NC(=O)COc1ccccc1CO)c1ccc(Cl)cc1. The Hall–Kier alpha value is -2.04. The van der Waals surface area contributed by atoms with Gasteiger partial charge in [0.05, 0.1) is 12.6 Å². The lowest BCUT2D eigenvalue weighted by molar-refractivity contribution is -0.123. The summed E-state index contributed by atoms with van der Waals surface area (Å²) in [6.45, 7) is 1.78. The monoisotopic (exact) mass is 333 g/mol. The largest absolute Gasteiger partial charge is 0.483 e. The number of nitrogens with one attached hydrogen (secondary N) is 1. The Balaban J connectivity index is 1.94. The topological polar surface area (TPSA) is 58.6 Å². The van der Waals surface area contributed by atoms with Crippen LogP contribution >= 0.6 is 11.6 Å². The molecule has 5 heteroatoms. The number of hydrogen-bond acceptors (Lipinski definition) is 3. The molecule has 4 nitrogen and oxygen atoms in total. The molecule has 122 valence electrons. The molecule has 1 amide bonds. The molecule has 2 rings (SSSR count). The van der Waals surface area contributed by atoms with E-state index in [-0.39, 0.29) is 25.2 Å². The Labute approximate surface area is 141 Å². The fourth-order valence-corrected chi connectivity index (χ4v) is 2.40. The number of ether oxygens (including phenoxy) is 1. The first-order chi connectivity index (χ1) is 11.1. The molecule has 1 unspecified atom stereocenters. The van der Waals surface area contributed by atoms with Crippen molar-refractivity contribution in [2.75, 3.05) is 6.61 Å². The number of aliphatic hydroxyl groups is 1. The van der Waals surface area contributed by atoms with Crippen LogP contribution in [0.2, 0.25) is 5.02 Å². The van der Waals surface area contributed by atoms with Gasteiger partial charge in [0.1, 0.15) is 5.75 Å². The summed E-state index contributed by atoms with van der Waals surface area (Å²) in [5.74, 6) is 0.309. The van der Waals surface area contributed by atoms with Gasteiger partial charge in [-0.15, -0.1) is 0 Å². The maximum Gasteiger partial charge on any atom is 0.258 e. The van der Waals surface area contributed by atoms with Crippen LogP contribution in [0.1, 0.15) is 30.5 Å². The molecule has 0 spiro atoms. The van der Waals surface area contributed by atoms with Crippen molar-refractivity contribution in [2.45, 2.75) is 26.0 Å². The van der Waals surface area contributed by atoms with Gasteiger partial charge in [0.15, 0.2) is 6.61 Å². The van der Waals surface area contributed by atoms with E-state index in [9.17, 15) is 9.90 Å². The molecule has 2 N–H and O–H groups in total. The minimum absolute atomic E-state index is 0.0866. The number of para-hydroxylation sites is 1. The van der Waals surface area contributed by atoms with Gasteiger partial charge in [0.25, 0.3) is 5.91 Å². The average Bonchev–Trinajstić information content (AvgIpc) is 2.59. The molecule has 2 aromatic rings. The first-order valence-electron chi connectivity index (χ1n) is 7.50. The van der Waals surface area contributed by atoms with Crippen LogP contribution in [-0.4, -0.2) is 17.6 Å². The summed E-state index contributed by atoms with van der Waals surface area (Å²) < 4.78 is 5.50. The highest BCUT2D eigenvalue weighted by Gasteiger charge is 2.13. The number of rotatable bonds is 7. The molecule has 23 heavy (non-hydrogen) atoms. The summed E-state index contributed by atoms with van der Waals surface area (Å²) in [6.07, 6.45) is 0.764. The van der Waals surface area contributed by atoms with Gasteiger partial charge < -0.3 is 15.2 Å². The molecule has 0 bridgehead atoms. The first-order valence-corrected chi connectivity index (χ1v) is 7.88. The Bertz CT molecular complexity index is 643. The summed E-state index contributed by atoms with van der Waals surface area (Å²) in [6, 6.07) is 14.4. The Morgan fingerprint density at radius 2 is 1.91 bits per heavy atom. The maximum atomic E-state index is 12.1. The van der Waals surface area contributed by atoms with E-state index >= 15 is 0 Å². The molecular weight excluding hydrogens is 314 g/mol. The van der Waals surface area contributed by atoms with Crippen LogP contribution in [0.3, 0.4) is 0 Å². The highest BCUT2D eigenvalue weighted by atomic mass is 35.5. The summed E-state index contributed by atoms with van der Waals surface area (Å²) in [7, 11) is 0. The molecule has 0 saturated carbocycles. The van der Waals surface area contributed by atoms with Gasteiger partial charge >= 0.3 is 0 Å². The smallest absolute Gasteiger partial charge is 0.258 e. The molecule has 0 aliphatic rings. The van der Waals surface area contributed by atoms with Crippen LogP contribution in [0, 0.1) is 0 Å². The highest BCUT2D eigenvalue weighted by molar-refractivity contribution is 6.30. The zero-order chi connectivity index (χ0) is 16.7. The van der Waals surface area contributed by atoms with Crippen LogP contribution in [0.15, 0.2) is 48.5 Å². The van der Waals surface area contributed by atoms with Crippen molar-refractivity contribution in [1.82, 2.24) is 5.32 Å². The van der Waals surface area contributed by atoms with Crippen LogP contribution in [0.4, 0.5) is 0 Å². The van der Waals surface area contributed by atoms with Gasteiger partial charge in [-0.1, -0.05) is 48.9 Å². The molecular formula is C18H20ClNO3. The second kappa shape index (κ2) is 8.56. The van der Waals surface area contributed by atoms with Crippen LogP contribution < -0.4 is 10.1 Å². The average molecular weight is 334 g/mol. The predicted molar refractivity (Wildman–Crippen MR) is 90.5 cm³/mol. The molecule has 0 aliphatic heterocycles. The van der Waals surface area contributed by atoms with Crippen molar-refractivity contribution in [1.29, 1.82) is 0 Å². The molecule has 0 heterocycles. The molecule has 0 fully saturated rings. The fraction of sp³-hybridized carbons (Fsp3) is 0.278. The van der Waals surface area contributed by atoms with Crippen LogP contribution in [0.25, 0.3) is 0 Å². The summed E-state index contributed by atoms with van der Waals surface area (Å²) in [4.78, 5) is 12.1. The quantitative estimate of drug-likeness (QED) is 0.815. The van der Waals surface area contributed by atoms with Gasteiger partial charge in [0, 0.05) is 10.6 Å². The van der Waals surface area contributed by atoms with Crippen molar-refractivity contribution in [3.8, 4) is 5.75 Å². The van der Waals surface area contributed by atoms with E-state index < -0.39 is 0 Å².